The quantitative estimate of drug-likeness (QED) is 0.140. The first-order chi connectivity index (χ1) is 15.5. The number of rotatable bonds is 5. The standard InChI is InChI=1S/C14H26O4.C12H18N2.Cd.6H2O/c15-13(16)11-5-1-3-9(7-11)10-4-2-6-12(8-10)14(17)18;1(11-3-7-13-8-4-11)2-12-5-9-14-10-6-12;;;;;;;/h9-18H,1-8H2;1-4,7,12-14H,5-6,8-10H2;;6*1H2. The molecule has 18 N–H and O–H groups in total. The molecule has 0 radical (unpaired) electrons. The Bertz CT molecular complexity index is 620. The summed E-state index contributed by atoms with van der Waals surface area (Å²) in [5.41, 5.74) is 1.34. The van der Waals surface area contributed by atoms with Gasteiger partial charge in [-0.1, -0.05) is 43.9 Å². The van der Waals surface area contributed by atoms with Crippen LogP contribution in [0.1, 0.15) is 64.2 Å². The zero-order chi connectivity index (χ0) is 22.8. The fraction of sp³-hybridized carbons (Fsp3) is 0.769. The SMILES string of the molecule is C1=CC(C=CC2CCNCC2)=CCN1.O.O.O.O.O.O.OC(O)C1CCCC(C2CCCC(C(O)O)C2)C1.[Cd]. The molecule has 2 saturated carbocycles. The van der Waals surface area contributed by atoms with Crippen LogP contribution in [0.3, 0.4) is 0 Å². The molecule has 4 unspecified atom stereocenters. The smallest absolute Gasteiger partial charge is 0.154 e. The Morgan fingerprint density at radius 2 is 1.21 bits per heavy atom. The summed E-state index contributed by atoms with van der Waals surface area (Å²) < 4.78 is 0. The monoisotopic (exact) mass is 670 g/mol. The molecular weight excluding hydrogens is 613 g/mol. The van der Waals surface area contributed by atoms with Gasteiger partial charge in [-0.15, -0.1) is 0 Å². The predicted molar refractivity (Wildman–Crippen MR) is 149 cm³/mol. The number of hydrogen-bond donors (Lipinski definition) is 6. The van der Waals surface area contributed by atoms with Gasteiger partial charge in [0.25, 0.3) is 0 Å². The van der Waals surface area contributed by atoms with E-state index in [0.717, 1.165) is 63.8 Å². The van der Waals surface area contributed by atoms with Gasteiger partial charge in [0.15, 0.2) is 12.6 Å². The first kappa shape index (κ1) is 48.2. The number of allylic oxidation sites excluding steroid dienone is 4. The van der Waals surface area contributed by atoms with Crippen LogP contribution in [-0.4, -0.2) is 85.5 Å². The van der Waals surface area contributed by atoms with Crippen LogP contribution in [0, 0.1) is 29.6 Å². The molecule has 2 aliphatic heterocycles. The van der Waals surface area contributed by atoms with E-state index in [1.165, 1.54) is 31.5 Å². The second kappa shape index (κ2) is 26.4. The number of aliphatic hydroxyl groups is 4. The van der Waals surface area contributed by atoms with Crippen LogP contribution in [0.25, 0.3) is 0 Å². The zero-order valence-corrected chi connectivity index (χ0v) is 27.2. The molecule has 0 amide bonds. The minimum atomic E-state index is -1.18. The summed E-state index contributed by atoms with van der Waals surface area (Å²) in [4.78, 5) is 0. The van der Waals surface area contributed by atoms with Crippen molar-refractivity contribution in [3.63, 3.8) is 0 Å². The number of piperidine rings is 1. The van der Waals surface area contributed by atoms with Crippen molar-refractivity contribution in [2.24, 2.45) is 29.6 Å². The molecule has 0 aromatic carbocycles. The van der Waals surface area contributed by atoms with Crippen LogP contribution in [0.15, 0.2) is 36.1 Å². The van der Waals surface area contributed by atoms with Gasteiger partial charge in [0.1, 0.15) is 0 Å². The largest absolute Gasteiger partial charge is 0.412 e. The molecular formula is C26H56CdN2O10. The summed E-state index contributed by atoms with van der Waals surface area (Å²) in [6, 6.07) is 0. The zero-order valence-electron chi connectivity index (χ0n) is 23.1. The molecule has 4 atom stereocenters. The molecule has 2 aliphatic carbocycles. The molecule has 0 spiro atoms. The minimum absolute atomic E-state index is 0. The third kappa shape index (κ3) is 17.1. The van der Waals surface area contributed by atoms with E-state index < -0.39 is 12.6 Å². The third-order valence-electron chi connectivity index (χ3n) is 7.81. The molecule has 232 valence electrons. The Kier molecular flexibility index (Phi) is 32.7. The van der Waals surface area contributed by atoms with Crippen molar-refractivity contribution in [3.8, 4) is 0 Å². The number of aliphatic hydroxyl groups excluding tert-OH is 2. The molecule has 2 heterocycles. The summed E-state index contributed by atoms with van der Waals surface area (Å²) in [5, 5.41) is 43.8. The van der Waals surface area contributed by atoms with Crippen LogP contribution < -0.4 is 10.6 Å². The predicted octanol–water partition coefficient (Wildman–Crippen LogP) is -2.14. The number of hydrogen-bond acceptors (Lipinski definition) is 6. The maximum Gasteiger partial charge on any atom is 0.154 e. The van der Waals surface area contributed by atoms with Gasteiger partial charge < -0.3 is 63.9 Å². The molecule has 12 nitrogen and oxygen atoms in total. The summed E-state index contributed by atoms with van der Waals surface area (Å²) in [7, 11) is 0. The normalized spacial score (nSPS) is 26.2. The molecule has 0 aromatic heterocycles. The van der Waals surface area contributed by atoms with E-state index in [1.54, 1.807) is 0 Å². The van der Waals surface area contributed by atoms with E-state index in [9.17, 15) is 20.4 Å². The fourth-order valence-corrected chi connectivity index (χ4v) is 5.81. The Hall–Kier alpha value is -0.498. The van der Waals surface area contributed by atoms with Gasteiger partial charge in [0.05, 0.1) is 0 Å². The van der Waals surface area contributed by atoms with Crippen LogP contribution in [0.4, 0.5) is 0 Å². The van der Waals surface area contributed by atoms with Crippen molar-refractivity contribution in [1.82, 2.24) is 10.6 Å². The number of dihydropyridines is 1. The van der Waals surface area contributed by atoms with E-state index in [-0.39, 0.29) is 72.0 Å². The van der Waals surface area contributed by atoms with Crippen molar-refractivity contribution in [2.75, 3.05) is 19.6 Å². The maximum absolute atomic E-state index is 9.31. The average molecular weight is 669 g/mol. The van der Waals surface area contributed by atoms with Gasteiger partial charge in [-0.25, -0.2) is 0 Å². The summed E-state index contributed by atoms with van der Waals surface area (Å²) in [6.07, 6.45) is 19.2. The Morgan fingerprint density at radius 1 is 0.718 bits per heavy atom. The van der Waals surface area contributed by atoms with Crippen LogP contribution in [0.2, 0.25) is 0 Å². The molecule has 0 aromatic rings. The van der Waals surface area contributed by atoms with E-state index >= 15 is 0 Å². The molecule has 3 fully saturated rings. The Labute approximate surface area is 252 Å². The van der Waals surface area contributed by atoms with Crippen LogP contribution >= 0.6 is 0 Å². The average Bonchev–Trinajstić information content (AvgIpc) is 2.84. The van der Waals surface area contributed by atoms with Gasteiger partial charge in [-0.3, -0.25) is 0 Å². The van der Waals surface area contributed by atoms with Gasteiger partial charge >= 0.3 is 0 Å². The summed E-state index contributed by atoms with van der Waals surface area (Å²) >= 11 is 0. The third-order valence-corrected chi connectivity index (χ3v) is 7.81. The first-order valence-corrected chi connectivity index (χ1v) is 12.7. The van der Waals surface area contributed by atoms with E-state index in [0.29, 0.717) is 11.8 Å². The first-order valence-electron chi connectivity index (χ1n) is 12.7. The van der Waals surface area contributed by atoms with Gasteiger partial charge in [0.2, 0.25) is 0 Å². The van der Waals surface area contributed by atoms with Gasteiger partial charge in [-0.05, 0) is 87.2 Å². The second-order valence-electron chi connectivity index (χ2n) is 10.1. The van der Waals surface area contributed by atoms with E-state index in [4.69, 9.17) is 0 Å². The Balaban J connectivity index is -0.000000171. The minimum Gasteiger partial charge on any atom is -0.412 e. The van der Waals surface area contributed by atoms with Gasteiger partial charge in [0, 0.05) is 45.7 Å². The van der Waals surface area contributed by atoms with Crippen molar-refractivity contribution < 1.29 is 80.6 Å². The number of nitrogens with one attached hydrogen (secondary N) is 2. The molecule has 0 bridgehead atoms. The topological polar surface area (TPSA) is 294 Å². The van der Waals surface area contributed by atoms with Crippen molar-refractivity contribution in [2.45, 2.75) is 76.8 Å². The van der Waals surface area contributed by atoms with Crippen molar-refractivity contribution >= 4 is 0 Å². The van der Waals surface area contributed by atoms with Crippen LogP contribution in [-0.2, 0) is 27.3 Å². The van der Waals surface area contributed by atoms with E-state index in [2.05, 4.69) is 34.9 Å². The second-order valence-corrected chi connectivity index (χ2v) is 10.1. The molecule has 39 heavy (non-hydrogen) atoms. The summed E-state index contributed by atoms with van der Waals surface area (Å²) in [5.74, 6) is 1.88. The molecule has 1 saturated heterocycles. The van der Waals surface area contributed by atoms with Gasteiger partial charge in [-0.2, -0.15) is 0 Å². The summed E-state index contributed by atoms with van der Waals surface area (Å²) in [6.45, 7) is 3.30. The molecule has 4 rings (SSSR count). The van der Waals surface area contributed by atoms with Crippen molar-refractivity contribution in [1.29, 1.82) is 0 Å². The molecule has 4 aliphatic rings. The van der Waals surface area contributed by atoms with Crippen LogP contribution in [0.5, 0.6) is 0 Å². The van der Waals surface area contributed by atoms with Crippen molar-refractivity contribution in [3.05, 3.63) is 36.1 Å². The maximum atomic E-state index is 9.31. The Morgan fingerprint density at radius 3 is 1.62 bits per heavy atom. The molecule has 13 heteroatoms. The fourth-order valence-electron chi connectivity index (χ4n) is 5.81. The van der Waals surface area contributed by atoms with E-state index in [1.807, 2.05) is 6.20 Å².